The minimum absolute atomic E-state index is 0.114. The van der Waals surface area contributed by atoms with Gasteiger partial charge in [0.1, 0.15) is 5.82 Å². The summed E-state index contributed by atoms with van der Waals surface area (Å²) in [6, 6.07) is 12.3. The molecule has 5 rings (SSSR count). The number of carbonyl (C=O) groups excluding carboxylic acids is 2. The van der Waals surface area contributed by atoms with E-state index in [9.17, 15) is 14.0 Å². The fourth-order valence-corrected chi connectivity index (χ4v) is 5.74. The molecule has 0 atom stereocenters. The number of piperidine rings is 1. The van der Waals surface area contributed by atoms with Crippen molar-refractivity contribution in [1.82, 2.24) is 20.5 Å². The summed E-state index contributed by atoms with van der Waals surface area (Å²) in [6.07, 6.45) is 5.76. The number of hydrogen-bond donors (Lipinski definition) is 3. The second-order valence-corrected chi connectivity index (χ2v) is 11.1. The van der Waals surface area contributed by atoms with Gasteiger partial charge in [0.2, 0.25) is 11.7 Å². The molecule has 0 bridgehead atoms. The lowest BCUT2D eigenvalue weighted by Gasteiger charge is -2.23. The summed E-state index contributed by atoms with van der Waals surface area (Å²) in [7, 11) is 4.98. The number of allylic oxidation sites excluding steroid dienone is 2. The zero-order valence-electron chi connectivity index (χ0n) is 25.6. The number of aromatic nitrogens is 1. The Morgan fingerprint density at radius 2 is 1.77 bits per heavy atom. The van der Waals surface area contributed by atoms with Crippen molar-refractivity contribution in [3.63, 3.8) is 0 Å². The maximum absolute atomic E-state index is 14.4. The molecule has 44 heavy (non-hydrogen) atoms. The highest BCUT2D eigenvalue weighted by Gasteiger charge is 2.26. The van der Waals surface area contributed by atoms with Gasteiger partial charge in [0.15, 0.2) is 18.1 Å². The van der Waals surface area contributed by atoms with E-state index in [2.05, 4.69) is 16.0 Å². The van der Waals surface area contributed by atoms with Crippen LogP contribution in [0, 0.1) is 5.82 Å². The van der Waals surface area contributed by atoms with E-state index < -0.39 is 0 Å². The largest absolute Gasteiger partial charge is 0.493 e. The zero-order valence-corrected chi connectivity index (χ0v) is 25.6. The number of benzene rings is 2. The van der Waals surface area contributed by atoms with E-state index in [0.717, 1.165) is 59.5 Å². The lowest BCUT2D eigenvalue weighted by molar-refractivity contribution is -0.124. The molecule has 2 heterocycles. The Balaban J connectivity index is 1.38. The van der Waals surface area contributed by atoms with Gasteiger partial charge in [0.05, 0.1) is 27.2 Å². The number of nitrogens with one attached hydrogen (secondary N) is 3. The van der Waals surface area contributed by atoms with E-state index >= 15 is 0 Å². The van der Waals surface area contributed by atoms with Crippen molar-refractivity contribution in [2.24, 2.45) is 7.05 Å². The molecule has 1 aromatic heterocycles. The van der Waals surface area contributed by atoms with Gasteiger partial charge in [-0.3, -0.25) is 9.59 Å². The highest BCUT2D eigenvalue weighted by Crippen LogP contribution is 2.45. The van der Waals surface area contributed by atoms with Crippen LogP contribution in [0.3, 0.4) is 0 Å². The van der Waals surface area contributed by atoms with Gasteiger partial charge in [-0.15, -0.1) is 0 Å². The summed E-state index contributed by atoms with van der Waals surface area (Å²) in [5.74, 6) is 0.423. The minimum atomic E-state index is -0.367. The fourth-order valence-electron chi connectivity index (χ4n) is 5.74. The Kier molecular flexibility index (Phi) is 9.69. The highest BCUT2D eigenvalue weighted by atomic mass is 19.1. The lowest BCUT2D eigenvalue weighted by Crippen LogP contribution is -2.44. The molecule has 2 amide bonds. The Labute approximate surface area is 257 Å². The highest BCUT2D eigenvalue weighted by molar-refractivity contribution is 6.08. The molecular weight excluding hydrogens is 563 g/mol. The first-order chi connectivity index (χ1) is 21.3. The van der Waals surface area contributed by atoms with Crippen LogP contribution in [0.1, 0.15) is 48.6 Å². The van der Waals surface area contributed by atoms with Gasteiger partial charge in [0.25, 0.3) is 5.91 Å². The summed E-state index contributed by atoms with van der Waals surface area (Å²) in [6.45, 7) is 3.92. The predicted octanol–water partition coefficient (Wildman–Crippen LogP) is 4.46. The van der Waals surface area contributed by atoms with Crippen LogP contribution < -0.4 is 30.2 Å². The number of rotatable bonds is 11. The van der Waals surface area contributed by atoms with Gasteiger partial charge in [-0.1, -0.05) is 6.07 Å². The van der Waals surface area contributed by atoms with Crippen molar-refractivity contribution in [1.29, 1.82) is 0 Å². The third kappa shape index (κ3) is 6.97. The van der Waals surface area contributed by atoms with E-state index in [1.807, 2.05) is 42.9 Å². The maximum Gasteiger partial charge on any atom is 0.258 e. The van der Waals surface area contributed by atoms with Gasteiger partial charge < -0.3 is 34.7 Å². The van der Waals surface area contributed by atoms with Gasteiger partial charge in [-0.05, 0) is 109 Å². The molecule has 0 radical (unpaired) electrons. The van der Waals surface area contributed by atoms with E-state index in [1.165, 1.54) is 26.4 Å². The Morgan fingerprint density at radius 3 is 2.43 bits per heavy atom. The summed E-state index contributed by atoms with van der Waals surface area (Å²) in [4.78, 5) is 25.6. The topological polar surface area (TPSA) is 103 Å². The second kappa shape index (κ2) is 13.8. The molecule has 232 valence electrons. The lowest BCUT2D eigenvalue weighted by atomic mass is 10.00. The van der Waals surface area contributed by atoms with E-state index in [1.54, 1.807) is 18.2 Å². The maximum atomic E-state index is 14.4. The van der Waals surface area contributed by atoms with Gasteiger partial charge in [0, 0.05) is 25.0 Å². The molecule has 10 heteroatoms. The van der Waals surface area contributed by atoms with Crippen molar-refractivity contribution >= 4 is 29.0 Å². The van der Waals surface area contributed by atoms with Crippen LogP contribution in [-0.2, 0) is 23.2 Å². The molecule has 0 spiro atoms. The van der Waals surface area contributed by atoms with Crippen molar-refractivity contribution in [3.05, 3.63) is 82.4 Å². The van der Waals surface area contributed by atoms with Crippen molar-refractivity contribution in [3.8, 4) is 17.2 Å². The number of nitrogens with zero attached hydrogens (tertiary/aromatic N) is 1. The van der Waals surface area contributed by atoms with Gasteiger partial charge in [-0.25, -0.2) is 4.39 Å². The van der Waals surface area contributed by atoms with Crippen LogP contribution in [0.15, 0.2) is 54.2 Å². The standard InChI is InChI=1S/C34H39FN4O5/c1-21-27(26-8-7-23(35)17-29(26)28(21)18-32(40)37-19-25-6-5-13-39(25)2)14-22-15-30(42-3)34(31(16-22)43-4)44-20-33(41)38-24-9-11-36-12-10-24/h5-8,13-17,24,36H,9-12,18-20H2,1-4H3,(H,37,40)(H,38,41)/b27-14-. The molecule has 0 saturated carbocycles. The number of fused-ring (bicyclic) bond motifs is 1. The molecule has 2 aromatic carbocycles. The average Bonchev–Trinajstić information content (AvgIpc) is 3.54. The Morgan fingerprint density at radius 1 is 1.05 bits per heavy atom. The number of halogens is 1. The van der Waals surface area contributed by atoms with Crippen molar-refractivity contribution in [2.75, 3.05) is 33.9 Å². The third-order valence-electron chi connectivity index (χ3n) is 8.15. The number of ether oxygens (including phenoxy) is 3. The van der Waals surface area contributed by atoms with Crippen LogP contribution in [0.4, 0.5) is 4.39 Å². The van der Waals surface area contributed by atoms with Crippen molar-refractivity contribution < 1.29 is 28.2 Å². The normalized spacial score (nSPS) is 15.7. The van der Waals surface area contributed by atoms with E-state index in [-0.39, 0.29) is 36.7 Å². The van der Waals surface area contributed by atoms with Crippen LogP contribution in [0.5, 0.6) is 17.2 Å². The molecule has 3 N–H and O–H groups in total. The number of methoxy groups -OCH3 is 2. The summed E-state index contributed by atoms with van der Waals surface area (Å²) in [5.41, 5.74) is 5.79. The number of carbonyl (C=O) groups is 2. The van der Waals surface area contributed by atoms with Gasteiger partial charge >= 0.3 is 0 Å². The minimum Gasteiger partial charge on any atom is -0.493 e. The molecule has 3 aromatic rings. The third-order valence-corrected chi connectivity index (χ3v) is 8.15. The second-order valence-electron chi connectivity index (χ2n) is 11.1. The van der Waals surface area contributed by atoms with Crippen LogP contribution in [0.25, 0.3) is 17.2 Å². The molecule has 0 unspecified atom stereocenters. The summed E-state index contributed by atoms with van der Waals surface area (Å²) >= 11 is 0. The van der Waals surface area contributed by atoms with E-state index in [0.29, 0.717) is 29.4 Å². The van der Waals surface area contributed by atoms with Crippen LogP contribution >= 0.6 is 0 Å². The Hall–Kier alpha value is -4.57. The average molecular weight is 603 g/mol. The van der Waals surface area contributed by atoms with E-state index in [4.69, 9.17) is 14.2 Å². The monoisotopic (exact) mass is 602 g/mol. The van der Waals surface area contributed by atoms with Crippen molar-refractivity contribution in [2.45, 2.75) is 38.8 Å². The van der Waals surface area contributed by atoms with Crippen LogP contribution in [0.2, 0.25) is 0 Å². The molecule has 2 aliphatic rings. The number of hydrogen-bond acceptors (Lipinski definition) is 6. The first-order valence-electron chi connectivity index (χ1n) is 14.7. The van der Waals surface area contributed by atoms with Crippen LogP contribution in [-0.4, -0.2) is 56.3 Å². The first-order valence-corrected chi connectivity index (χ1v) is 14.7. The zero-order chi connectivity index (χ0) is 31.2. The number of amides is 2. The van der Waals surface area contributed by atoms with Gasteiger partial charge in [-0.2, -0.15) is 0 Å². The summed E-state index contributed by atoms with van der Waals surface area (Å²) < 4.78 is 33.5. The first kappa shape index (κ1) is 30.9. The molecule has 1 aliphatic heterocycles. The SMILES string of the molecule is COc1cc(/C=C2/C(C)=C(CC(=O)NCc3cccn3C)c3cc(F)ccc32)cc(OC)c1OCC(=O)NC1CCNCC1. The predicted molar refractivity (Wildman–Crippen MR) is 168 cm³/mol. The molecule has 1 aliphatic carbocycles. The molecule has 1 fully saturated rings. The molecular formula is C34H39FN4O5. The number of aryl methyl sites for hydroxylation is 1. The smallest absolute Gasteiger partial charge is 0.258 e. The molecule has 1 saturated heterocycles. The fraction of sp³-hybridized carbons (Fsp3) is 0.353. The summed E-state index contributed by atoms with van der Waals surface area (Å²) in [5, 5.41) is 9.28. The Bertz CT molecular complexity index is 1580. The molecule has 9 nitrogen and oxygen atoms in total. The quantitative estimate of drug-likeness (QED) is 0.300.